The molecule has 10 nitrogen and oxygen atoms in total. The van der Waals surface area contributed by atoms with Crippen molar-refractivity contribution in [2.75, 3.05) is 65.1 Å². The molecule has 11 heteroatoms. The standard InChI is InChI=1S/C29H40FN7O3/c1-22(37(4)26(38)12-9-19-36(2)3)28(39)32-17-8-6-7-11-23-21-33-29(34-25-15-13-24(30)14-16-25)35-27(23)31-18-10-20-40-5/h9,12-16,21-22H,6,8,10,17-20H2,1-5H3,(H,32,39)(H2,31,33,34,35)/b12-9+/t22-/m0/s1. The maximum absolute atomic E-state index is 13.2. The summed E-state index contributed by atoms with van der Waals surface area (Å²) in [7, 11) is 7.09. The van der Waals surface area contributed by atoms with E-state index in [0.29, 0.717) is 62.1 Å². The van der Waals surface area contributed by atoms with E-state index in [1.165, 1.54) is 23.1 Å². The molecule has 2 amide bonds. The number of aromatic nitrogens is 2. The number of methoxy groups -OCH3 is 1. The van der Waals surface area contributed by atoms with Crippen LogP contribution in [0.2, 0.25) is 0 Å². The summed E-state index contributed by atoms with van der Waals surface area (Å²) < 4.78 is 18.3. The molecule has 0 saturated carbocycles. The van der Waals surface area contributed by atoms with E-state index >= 15 is 0 Å². The number of hydrogen-bond donors (Lipinski definition) is 3. The second kappa shape index (κ2) is 17.6. The Bertz CT molecular complexity index is 1180. The van der Waals surface area contributed by atoms with Crippen LogP contribution in [-0.2, 0) is 14.3 Å². The quantitative estimate of drug-likeness (QED) is 0.175. The van der Waals surface area contributed by atoms with E-state index in [2.05, 4.69) is 37.8 Å². The SMILES string of the molecule is COCCCNc1nc(Nc2ccc(F)cc2)ncc1C#CCCCNC(=O)[C@H](C)N(C)C(=O)/C=C/CN(C)C. The zero-order chi connectivity index (χ0) is 29.3. The molecule has 0 aliphatic carbocycles. The smallest absolute Gasteiger partial charge is 0.246 e. The predicted molar refractivity (Wildman–Crippen MR) is 156 cm³/mol. The monoisotopic (exact) mass is 553 g/mol. The number of ether oxygens (including phenoxy) is 1. The molecule has 0 bridgehead atoms. The largest absolute Gasteiger partial charge is 0.385 e. The summed E-state index contributed by atoms with van der Waals surface area (Å²) in [6.07, 6.45) is 6.87. The Morgan fingerprint density at radius 2 is 1.90 bits per heavy atom. The first kappa shape index (κ1) is 32.2. The van der Waals surface area contributed by atoms with Crippen molar-refractivity contribution in [1.82, 2.24) is 25.1 Å². The van der Waals surface area contributed by atoms with E-state index < -0.39 is 6.04 Å². The first-order valence-corrected chi connectivity index (χ1v) is 13.2. The summed E-state index contributed by atoms with van der Waals surface area (Å²) in [6.45, 7) is 4.04. The van der Waals surface area contributed by atoms with Crippen LogP contribution in [0, 0.1) is 17.7 Å². The van der Waals surface area contributed by atoms with Crippen LogP contribution in [0.4, 0.5) is 21.8 Å². The topological polar surface area (TPSA) is 112 Å². The van der Waals surface area contributed by atoms with Crippen LogP contribution in [0.5, 0.6) is 0 Å². The van der Waals surface area contributed by atoms with Crippen molar-refractivity contribution in [2.45, 2.75) is 32.2 Å². The number of likely N-dealkylation sites (N-methyl/N-ethyl adjacent to an activating group) is 2. The van der Waals surface area contributed by atoms with Gasteiger partial charge in [-0.3, -0.25) is 9.59 Å². The molecular weight excluding hydrogens is 513 g/mol. The normalized spacial score (nSPS) is 11.6. The zero-order valence-electron chi connectivity index (χ0n) is 24.0. The first-order chi connectivity index (χ1) is 19.2. The molecule has 1 aromatic carbocycles. The minimum Gasteiger partial charge on any atom is -0.385 e. The number of halogens is 1. The molecule has 0 saturated heterocycles. The summed E-state index contributed by atoms with van der Waals surface area (Å²) in [5.41, 5.74) is 1.31. The number of hydrogen-bond acceptors (Lipinski definition) is 8. The van der Waals surface area contributed by atoms with Gasteiger partial charge in [0.05, 0.1) is 11.8 Å². The van der Waals surface area contributed by atoms with Gasteiger partial charge in [0.25, 0.3) is 0 Å². The summed E-state index contributed by atoms with van der Waals surface area (Å²) >= 11 is 0. The van der Waals surface area contributed by atoms with Gasteiger partial charge in [0.1, 0.15) is 17.7 Å². The van der Waals surface area contributed by atoms with Gasteiger partial charge in [-0.25, -0.2) is 9.37 Å². The first-order valence-electron chi connectivity index (χ1n) is 13.2. The molecule has 216 valence electrons. The molecule has 0 aliphatic rings. The Labute approximate surface area is 236 Å². The van der Waals surface area contributed by atoms with Crippen LogP contribution in [0.3, 0.4) is 0 Å². The van der Waals surface area contributed by atoms with E-state index in [9.17, 15) is 14.0 Å². The highest BCUT2D eigenvalue weighted by Crippen LogP contribution is 2.17. The fraction of sp³-hybridized carbons (Fsp3) is 0.448. The summed E-state index contributed by atoms with van der Waals surface area (Å²) in [5, 5.41) is 9.19. The van der Waals surface area contributed by atoms with Crippen molar-refractivity contribution in [2.24, 2.45) is 0 Å². The van der Waals surface area contributed by atoms with Gasteiger partial charge in [-0.15, -0.1) is 0 Å². The second-order valence-corrected chi connectivity index (χ2v) is 9.35. The van der Waals surface area contributed by atoms with Gasteiger partial charge in [-0.05, 0) is 58.1 Å². The minimum absolute atomic E-state index is 0.218. The Morgan fingerprint density at radius 3 is 2.60 bits per heavy atom. The lowest BCUT2D eigenvalue weighted by molar-refractivity contribution is -0.135. The number of unbranched alkanes of at least 4 members (excludes halogenated alkanes) is 1. The Hall–Kier alpha value is -4.01. The van der Waals surface area contributed by atoms with E-state index in [0.717, 1.165) is 6.42 Å². The Morgan fingerprint density at radius 1 is 1.15 bits per heavy atom. The molecule has 2 rings (SSSR count). The van der Waals surface area contributed by atoms with E-state index in [1.54, 1.807) is 45.5 Å². The highest BCUT2D eigenvalue weighted by Gasteiger charge is 2.20. The van der Waals surface area contributed by atoms with Gasteiger partial charge in [-0.2, -0.15) is 4.98 Å². The molecule has 0 fully saturated rings. The molecule has 0 aliphatic heterocycles. The summed E-state index contributed by atoms with van der Waals surface area (Å²) in [5.74, 6) is 6.39. The second-order valence-electron chi connectivity index (χ2n) is 9.35. The third-order valence-electron chi connectivity index (χ3n) is 5.75. The van der Waals surface area contributed by atoms with Gasteiger partial charge < -0.3 is 30.5 Å². The van der Waals surface area contributed by atoms with E-state index in [-0.39, 0.29) is 17.6 Å². The van der Waals surface area contributed by atoms with E-state index in [1.807, 2.05) is 19.0 Å². The fourth-order valence-corrected chi connectivity index (χ4v) is 3.30. The summed E-state index contributed by atoms with van der Waals surface area (Å²) in [6, 6.07) is 5.35. The lowest BCUT2D eigenvalue weighted by Gasteiger charge is -2.23. The number of nitrogens with one attached hydrogen (secondary N) is 3. The van der Waals surface area contributed by atoms with Crippen molar-refractivity contribution in [3.05, 3.63) is 54.0 Å². The number of rotatable bonds is 15. The highest BCUT2D eigenvalue weighted by molar-refractivity contribution is 5.92. The molecule has 0 unspecified atom stereocenters. The number of benzene rings is 1. The van der Waals surface area contributed by atoms with Crippen molar-refractivity contribution in [3.63, 3.8) is 0 Å². The molecule has 2 aromatic rings. The van der Waals surface area contributed by atoms with E-state index in [4.69, 9.17) is 4.74 Å². The molecule has 3 N–H and O–H groups in total. The summed E-state index contributed by atoms with van der Waals surface area (Å²) in [4.78, 5) is 36.9. The number of carbonyl (C=O) groups is 2. The van der Waals surface area contributed by atoms with Gasteiger partial charge in [-0.1, -0.05) is 17.9 Å². The lowest BCUT2D eigenvalue weighted by Crippen LogP contribution is -2.45. The van der Waals surface area contributed by atoms with Crippen molar-refractivity contribution in [1.29, 1.82) is 0 Å². The van der Waals surface area contributed by atoms with Crippen molar-refractivity contribution >= 4 is 29.3 Å². The Balaban J connectivity index is 1.90. The van der Waals surface area contributed by atoms with Gasteiger partial charge in [0, 0.05) is 58.6 Å². The lowest BCUT2D eigenvalue weighted by atomic mass is 10.2. The zero-order valence-corrected chi connectivity index (χ0v) is 24.0. The van der Waals surface area contributed by atoms with Crippen LogP contribution < -0.4 is 16.0 Å². The highest BCUT2D eigenvalue weighted by atomic mass is 19.1. The third-order valence-corrected chi connectivity index (χ3v) is 5.75. The van der Waals surface area contributed by atoms with Crippen molar-refractivity contribution in [3.8, 4) is 11.8 Å². The molecule has 0 spiro atoms. The number of amides is 2. The van der Waals surface area contributed by atoms with Crippen LogP contribution in [-0.4, -0.2) is 92.1 Å². The number of nitrogens with zero attached hydrogens (tertiary/aromatic N) is 4. The molecule has 40 heavy (non-hydrogen) atoms. The molecule has 0 radical (unpaired) electrons. The van der Waals surface area contributed by atoms with Crippen LogP contribution in [0.1, 0.15) is 31.7 Å². The van der Waals surface area contributed by atoms with Crippen LogP contribution in [0.15, 0.2) is 42.6 Å². The maximum Gasteiger partial charge on any atom is 0.246 e. The number of carbonyl (C=O) groups excluding carboxylic acids is 2. The van der Waals surface area contributed by atoms with Crippen molar-refractivity contribution < 1.29 is 18.7 Å². The average Bonchev–Trinajstić information content (AvgIpc) is 2.93. The van der Waals surface area contributed by atoms with Crippen LogP contribution >= 0.6 is 0 Å². The van der Waals surface area contributed by atoms with Crippen LogP contribution in [0.25, 0.3) is 0 Å². The van der Waals surface area contributed by atoms with Gasteiger partial charge in [0.15, 0.2) is 0 Å². The molecule has 1 aromatic heterocycles. The molecular formula is C29H40FN7O3. The minimum atomic E-state index is -0.589. The molecule has 1 heterocycles. The fourth-order valence-electron chi connectivity index (χ4n) is 3.30. The predicted octanol–water partition coefficient (Wildman–Crippen LogP) is 3.02. The third kappa shape index (κ3) is 11.8. The number of anilines is 3. The molecule has 1 atom stereocenters. The van der Waals surface area contributed by atoms with Gasteiger partial charge in [0.2, 0.25) is 17.8 Å². The average molecular weight is 554 g/mol. The maximum atomic E-state index is 13.2. The van der Waals surface area contributed by atoms with Gasteiger partial charge >= 0.3 is 0 Å². The Kier molecular flexibility index (Phi) is 14.1.